The molecule has 2 saturated heterocycles. The van der Waals surface area contributed by atoms with E-state index in [2.05, 4.69) is 25.9 Å². The predicted molar refractivity (Wildman–Crippen MR) is 116 cm³/mol. The highest BCUT2D eigenvalue weighted by Gasteiger charge is 2.23. The molecule has 2 aromatic rings. The Kier molecular flexibility index (Phi) is 7.29. The second-order valence-corrected chi connectivity index (χ2v) is 7.97. The molecule has 0 radical (unpaired) electrons. The van der Waals surface area contributed by atoms with Gasteiger partial charge in [-0.2, -0.15) is 0 Å². The van der Waals surface area contributed by atoms with E-state index in [4.69, 9.17) is 21.1 Å². The molecule has 0 bridgehead atoms. The van der Waals surface area contributed by atoms with E-state index in [1.807, 2.05) is 0 Å². The molecule has 0 aromatic carbocycles. The standard InChI is InChI=1S/C21H25ClFN5O3/c22-15-11-26-19(28-21(29)17-12-24-5-8-31-17)9-14(15)20-16(23)1-2-18(27-20)25-10-13-3-6-30-7-4-13/h1-2,9,11,13,17,24H,3-8,10,12H2,(H,25,27)(H,26,28,29)/t17-/m1/s1. The molecular weight excluding hydrogens is 425 g/mol. The number of pyridine rings is 2. The van der Waals surface area contributed by atoms with Crippen molar-refractivity contribution in [3.63, 3.8) is 0 Å². The van der Waals surface area contributed by atoms with E-state index in [1.165, 1.54) is 18.3 Å². The zero-order valence-corrected chi connectivity index (χ0v) is 17.8. The van der Waals surface area contributed by atoms with Gasteiger partial charge < -0.3 is 25.4 Å². The first-order chi connectivity index (χ1) is 15.1. The highest BCUT2D eigenvalue weighted by atomic mass is 35.5. The minimum absolute atomic E-state index is 0.0930. The average molecular weight is 450 g/mol. The van der Waals surface area contributed by atoms with Crippen LogP contribution >= 0.6 is 11.6 Å². The Morgan fingerprint density at radius 2 is 2.10 bits per heavy atom. The predicted octanol–water partition coefficient (Wildman–Crippen LogP) is 2.70. The van der Waals surface area contributed by atoms with E-state index in [9.17, 15) is 9.18 Å². The summed E-state index contributed by atoms with van der Waals surface area (Å²) in [6.07, 6.45) is 2.73. The summed E-state index contributed by atoms with van der Waals surface area (Å²) in [6.45, 7) is 3.84. The number of aromatic nitrogens is 2. The normalized spacial score (nSPS) is 19.7. The van der Waals surface area contributed by atoms with Crippen LogP contribution < -0.4 is 16.0 Å². The molecule has 0 unspecified atom stereocenters. The van der Waals surface area contributed by atoms with Gasteiger partial charge in [-0.15, -0.1) is 0 Å². The maximum absolute atomic E-state index is 14.6. The second kappa shape index (κ2) is 10.3. The van der Waals surface area contributed by atoms with Crippen LogP contribution in [-0.2, 0) is 14.3 Å². The fraction of sp³-hybridized carbons (Fsp3) is 0.476. The molecule has 10 heteroatoms. The zero-order chi connectivity index (χ0) is 21.6. The van der Waals surface area contributed by atoms with Gasteiger partial charge in [0.05, 0.1) is 11.6 Å². The third-order valence-corrected chi connectivity index (χ3v) is 5.64. The van der Waals surface area contributed by atoms with Gasteiger partial charge in [0, 0.05) is 44.6 Å². The quantitative estimate of drug-likeness (QED) is 0.623. The van der Waals surface area contributed by atoms with Crippen molar-refractivity contribution in [2.45, 2.75) is 18.9 Å². The molecule has 8 nitrogen and oxygen atoms in total. The van der Waals surface area contributed by atoms with Crippen LogP contribution in [0.1, 0.15) is 12.8 Å². The highest BCUT2D eigenvalue weighted by molar-refractivity contribution is 6.33. The minimum Gasteiger partial charge on any atom is -0.381 e. The molecule has 0 saturated carbocycles. The lowest BCUT2D eigenvalue weighted by Gasteiger charge is -2.22. The number of anilines is 2. The van der Waals surface area contributed by atoms with Gasteiger partial charge in [0.2, 0.25) is 0 Å². The van der Waals surface area contributed by atoms with Crippen LogP contribution in [0.4, 0.5) is 16.0 Å². The van der Waals surface area contributed by atoms with Crippen LogP contribution in [-0.4, -0.2) is 61.4 Å². The fourth-order valence-corrected chi connectivity index (χ4v) is 3.75. The van der Waals surface area contributed by atoms with E-state index in [-0.39, 0.29) is 22.4 Å². The minimum atomic E-state index is -0.609. The molecule has 1 amide bonds. The second-order valence-electron chi connectivity index (χ2n) is 7.57. The molecule has 4 heterocycles. The van der Waals surface area contributed by atoms with Gasteiger partial charge in [0.15, 0.2) is 0 Å². The van der Waals surface area contributed by atoms with Gasteiger partial charge in [-0.3, -0.25) is 4.79 Å². The highest BCUT2D eigenvalue weighted by Crippen LogP contribution is 2.31. The number of ether oxygens (including phenoxy) is 2. The number of carbonyl (C=O) groups excluding carboxylic acids is 1. The molecule has 2 aliphatic rings. The number of amides is 1. The van der Waals surface area contributed by atoms with Crippen LogP contribution in [0.25, 0.3) is 11.3 Å². The summed E-state index contributed by atoms with van der Waals surface area (Å²) in [7, 11) is 0. The van der Waals surface area contributed by atoms with Crippen molar-refractivity contribution in [1.82, 2.24) is 15.3 Å². The van der Waals surface area contributed by atoms with Crippen molar-refractivity contribution >= 4 is 29.1 Å². The largest absolute Gasteiger partial charge is 0.381 e. The summed E-state index contributed by atoms with van der Waals surface area (Å²) >= 11 is 6.29. The number of rotatable bonds is 6. The third kappa shape index (κ3) is 5.68. The molecule has 31 heavy (non-hydrogen) atoms. The molecule has 3 N–H and O–H groups in total. The maximum Gasteiger partial charge on any atom is 0.255 e. The van der Waals surface area contributed by atoms with E-state index in [1.54, 1.807) is 6.07 Å². The summed E-state index contributed by atoms with van der Waals surface area (Å²) in [5, 5.41) is 9.31. The topological polar surface area (TPSA) is 97.4 Å². The Hall–Kier alpha value is -2.33. The van der Waals surface area contributed by atoms with Crippen molar-refractivity contribution in [1.29, 1.82) is 0 Å². The van der Waals surface area contributed by atoms with Gasteiger partial charge in [0.25, 0.3) is 5.91 Å². The lowest BCUT2D eigenvalue weighted by Crippen LogP contribution is -2.45. The first-order valence-electron chi connectivity index (χ1n) is 10.4. The monoisotopic (exact) mass is 449 g/mol. The molecule has 0 aliphatic carbocycles. The summed E-state index contributed by atoms with van der Waals surface area (Å²) < 4.78 is 25.4. The summed E-state index contributed by atoms with van der Waals surface area (Å²) in [4.78, 5) is 21.0. The van der Waals surface area contributed by atoms with Gasteiger partial charge in [-0.05, 0) is 37.0 Å². The first-order valence-corrected chi connectivity index (χ1v) is 10.7. The van der Waals surface area contributed by atoms with Crippen LogP contribution in [0, 0.1) is 11.7 Å². The number of nitrogens with zero attached hydrogens (tertiary/aromatic N) is 2. The van der Waals surface area contributed by atoms with Gasteiger partial charge in [-0.25, -0.2) is 14.4 Å². The Labute approximate surface area is 184 Å². The Bertz CT molecular complexity index is 920. The number of hydrogen-bond acceptors (Lipinski definition) is 7. The Morgan fingerprint density at radius 3 is 2.87 bits per heavy atom. The third-order valence-electron chi connectivity index (χ3n) is 5.34. The maximum atomic E-state index is 14.6. The number of halogens is 2. The molecule has 1 atom stereocenters. The number of hydrogen-bond donors (Lipinski definition) is 3. The SMILES string of the molecule is O=C(Nc1cc(-c2nc(NCC3CCOCC3)ccc2F)c(Cl)cn1)[C@H]1CNCCO1. The van der Waals surface area contributed by atoms with Crippen molar-refractivity contribution in [3.8, 4) is 11.3 Å². The lowest BCUT2D eigenvalue weighted by molar-refractivity contribution is -0.128. The van der Waals surface area contributed by atoms with E-state index in [0.29, 0.717) is 37.0 Å². The fourth-order valence-electron chi connectivity index (χ4n) is 3.56. The number of nitrogens with one attached hydrogen (secondary N) is 3. The Balaban J connectivity index is 1.49. The Morgan fingerprint density at radius 1 is 1.26 bits per heavy atom. The van der Waals surface area contributed by atoms with E-state index in [0.717, 1.165) is 32.6 Å². The molecule has 2 aromatic heterocycles. The van der Waals surface area contributed by atoms with Crippen molar-refractivity contribution in [2.24, 2.45) is 5.92 Å². The molecular formula is C21H25ClFN5O3. The lowest BCUT2D eigenvalue weighted by atomic mass is 10.0. The smallest absolute Gasteiger partial charge is 0.255 e. The number of morpholine rings is 1. The molecule has 0 spiro atoms. The van der Waals surface area contributed by atoms with Crippen LogP contribution in [0.2, 0.25) is 5.02 Å². The molecule has 166 valence electrons. The van der Waals surface area contributed by atoms with Gasteiger partial charge in [-0.1, -0.05) is 11.6 Å². The summed E-state index contributed by atoms with van der Waals surface area (Å²) in [6, 6.07) is 4.47. The van der Waals surface area contributed by atoms with Crippen LogP contribution in [0.15, 0.2) is 24.4 Å². The summed E-state index contributed by atoms with van der Waals surface area (Å²) in [5.74, 6) is 0.463. The van der Waals surface area contributed by atoms with Crippen molar-refractivity contribution < 1.29 is 18.7 Å². The molecule has 2 fully saturated rings. The van der Waals surface area contributed by atoms with E-state index >= 15 is 0 Å². The first kappa shape index (κ1) is 21.9. The van der Waals surface area contributed by atoms with E-state index < -0.39 is 11.9 Å². The van der Waals surface area contributed by atoms with Crippen molar-refractivity contribution in [2.75, 3.05) is 50.1 Å². The van der Waals surface area contributed by atoms with Crippen LogP contribution in [0.5, 0.6) is 0 Å². The zero-order valence-electron chi connectivity index (χ0n) is 17.0. The average Bonchev–Trinajstić information content (AvgIpc) is 2.81. The molecule has 2 aliphatic heterocycles. The summed E-state index contributed by atoms with van der Waals surface area (Å²) in [5.41, 5.74) is 0.442. The van der Waals surface area contributed by atoms with Crippen LogP contribution in [0.3, 0.4) is 0 Å². The molecule has 4 rings (SSSR count). The van der Waals surface area contributed by atoms with Crippen molar-refractivity contribution in [3.05, 3.63) is 35.2 Å². The van der Waals surface area contributed by atoms with Gasteiger partial charge in [0.1, 0.15) is 29.3 Å². The van der Waals surface area contributed by atoms with Gasteiger partial charge >= 0.3 is 0 Å². The number of carbonyl (C=O) groups is 1.